The van der Waals surface area contributed by atoms with Crippen molar-refractivity contribution in [3.63, 3.8) is 0 Å². The average molecular weight is 348 g/mol. The van der Waals surface area contributed by atoms with Crippen LogP contribution in [0.1, 0.15) is 84.5 Å². The first-order valence-electron chi connectivity index (χ1n) is 9.71. The van der Waals surface area contributed by atoms with Crippen molar-refractivity contribution in [2.75, 3.05) is 0 Å². The molecule has 0 unspecified atom stereocenters. The van der Waals surface area contributed by atoms with Crippen LogP contribution in [0, 0.1) is 11.8 Å². The zero-order valence-electron chi connectivity index (χ0n) is 15.6. The highest BCUT2D eigenvalue weighted by atomic mass is 16.2. The second-order valence-corrected chi connectivity index (χ2v) is 7.68. The molecular weight excluding hydrogens is 316 g/mol. The Labute approximate surface area is 150 Å². The van der Waals surface area contributed by atoms with Crippen LogP contribution in [-0.2, 0) is 9.59 Å². The van der Waals surface area contributed by atoms with Crippen molar-refractivity contribution in [3.8, 4) is 0 Å². The Hall–Kier alpha value is -1.72. The lowest BCUT2D eigenvalue weighted by Gasteiger charge is -2.19. The van der Waals surface area contributed by atoms with E-state index in [0.717, 1.165) is 49.9 Å². The van der Waals surface area contributed by atoms with Crippen LogP contribution < -0.4 is 10.9 Å². The Balaban J connectivity index is 1.59. The Morgan fingerprint density at radius 1 is 0.880 bits per heavy atom. The maximum Gasteiger partial charge on any atom is 0.240 e. The molecule has 2 rings (SSSR count). The van der Waals surface area contributed by atoms with E-state index in [1.807, 2.05) is 0 Å². The highest BCUT2D eigenvalue weighted by molar-refractivity contribution is 5.88. The molecule has 140 valence electrons. The Bertz CT molecular complexity index is 482. The number of carbonyl (C=O) groups is 2. The minimum Gasteiger partial charge on any atom is -0.273 e. The van der Waals surface area contributed by atoms with Crippen molar-refractivity contribution < 1.29 is 9.59 Å². The van der Waals surface area contributed by atoms with Gasteiger partial charge in [-0.05, 0) is 69.6 Å². The van der Waals surface area contributed by atoms with Gasteiger partial charge in [0.05, 0.1) is 0 Å². The zero-order valence-corrected chi connectivity index (χ0v) is 15.6. The third-order valence-electron chi connectivity index (χ3n) is 4.98. The number of nitrogens with one attached hydrogen (secondary N) is 2. The molecule has 2 aliphatic rings. The molecule has 6 nitrogen and oxygen atoms in total. The lowest BCUT2D eigenvalue weighted by molar-refractivity contribution is -0.122. The average Bonchev–Trinajstić information content (AvgIpc) is 2.58. The molecule has 2 saturated carbocycles. The van der Waals surface area contributed by atoms with Crippen molar-refractivity contribution in [3.05, 3.63) is 0 Å². The highest BCUT2D eigenvalue weighted by Crippen LogP contribution is 2.21. The van der Waals surface area contributed by atoms with E-state index in [-0.39, 0.29) is 11.8 Å². The standard InChI is InChI=1S/C19H32N4O2/c1-14-6-3-8-16(12-14)20-22-18(24)10-5-11-19(25)23-21-17-9-4-7-15(2)13-17/h14-15H,3-13H2,1-2H3,(H,22,24)(H,23,25)/b20-16-,21-17-/t14-,15+. The minimum absolute atomic E-state index is 0.119. The molecule has 0 spiro atoms. The van der Waals surface area contributed by atoms with Gasteiger partial charge in [-0.2, -0.15) is 10.2 Å². The normalized spacial score (nSPS) is 27.3. The molecule has 0 heterocycles. The van der Waals surface area contributed by atoms with Crippen molar-refractivity contribution in [1.82, 2.24) is 10.9 Å². The fourth-order valence-electron chi connectivity index (χ4n) is 3.53. The largest absolute Gasteiger partial charge is 0.273 e. The molecule has 6 heteroatoms. The number of rotatable bonds is 6. The first-order chi connectivity index (χ1) is 12.0. The molecule has 0 aliphatic heterocycles. The van der Waals surface area contributed by atoms with Gasteiger partial charge in [0.2, 0.25) is 11.8 Å². The zero-order chi connectivity index (χ0) is 18.1. The second-order valence-electron chi connectivity index (χ2n) is 7.68. The van der Waals surface area contributed by atoms with Crippen LogP contribution in [0.15, 0.2) is 10.2 Å². The van der Waals surface area contributed by atoms with E-state index in [1.54, 1.807) is 0 Å². The molecule has 0 aromatic heterocycles. The first kappa shape index (κ1) is 19.6. The van der Waals surface area contributed by atoms with Gasteiger partial charge in [0.15, 0.2) is 0 Å². The quantitative estimate of drug-likeness (QED) is 0.720. The number of nitrogens with zero attached hydrogens (tertiary/aromatic N) is 2. The predicted octanol–water partition coefficient (Wildman–Crippen LogP) is 3.52. The SMILES string of the molecule is C[C@@H]1CCC/C(=N/NC(=O)CCCC(=O)N/N=C2/CCC[C@H](C)C2)C1. The number of carbonyl (C=O) groups excluding carboxylic acids is 2. The fourth-order valence-corrected chi connectivity index (χ4v) is 3.53. The fraction of sp³-hybridized carbons (Fsp3) is 0.789. The van der Waals surface area contributed by atoms with Crippen LogP contribution in [-0.4, -0.2) is 23.2 Å². The Morgan fingerprint density at radius 2 is 1.32 bits per heavy atom. The maximum atomic E-state index is 11.8. The lowest BCUT2D eigenvalue weighted by atomic mass is 9.89. The van der Waals surface area contributed by atoms with E-state index in [0.29, 0.717) is 31.1 Å². The topological polar surface area (TPSA) is 82.9 Å². The molecule has 2 atom stereocenters. The monoisotopic (exact) mass is 348 g/mol. The molecule has 2 fully saturated rings. The van der Waals surface area contributed by atoms with Gasteiger partial charge >= 0.3 is 0 Å². The van der Waals surface area contributed by atoms with Crippen molar-refractivity contribution >= 4 is 23.2 Å². The van der Waals surface area contributed by atoms with E-state index >= 15 is 0 Å². The molecule has 0 bridgehead atoms. The number of hydrazone groups is 2. The molecular formula is C19H32N4O2. The molecule has 0 aromatic carbocycles. The lowest BCUT2D eigenvalue weighted by Crippen LogP contribution is -2.24. The molecule has 2 N–H and O–H groups in total. The van der Waals surface area contributed by atoms with E-state index < -0.39 is 0 Å². The van der Waals surface area contributed by atoms with Gasteiger partial charge in [-0.1, -0.05) is 13.8 Å². The van der Waals surface area contributed by atoms with Crippen LogP contribution in [0.2, 0.25) is 0 Å². The third kappa shape index (κ3) is 7.80. The number of amides is 2. The van der Waals surface area contributed by atoms with E-state index in [2.05, 4.69) is 34.9 Å². The van der Waals surface area contributed by atoms with Crippen LogP contribution >= 0.6 is 0 Å². The molecule has 2 amide bonds. The summed E-state index contributed by atoms with van der Waals surface area (Å²) < 4.78 is 0. The van der Waals surface area contributed by atoms with E-state index in [4.69, 9.17) is 0 Å². The van der Waals surface area contributed by atoms with Gasteiger partial charge in [-0.3, -0.25) is 9.59 Å². The molecule has 0 saturated heterocycles. The van der Waals surface area contributed by atoms with Crippen LogP contribution in [0.5, 0.6) is 0 Å². The van der Waals surface area contributed by atoms with Crippen LogP contribution in [0.3, 0.4) is 0 Å². The van der Waals surface area contributed by atoms with E-state index in [9.17, 15) is 9.59 Å². The molecule has 2 aliphatic carbocycles. The van der Waals surface area contributed by atoms with Gasteiger partial charge in [0.1, 0.15) is 0 Å². The third-order valence-corrected chi connectivity index (χ3v) is 4.98. The van der Waals surface area contributed by atoms with Gasteiger partial charge in [-0.15, -0.1) is 0 Å². The number of hydrogen-bond acceptors (Lipinski definition) is 4. The maximum absolute atomic E-state index is 11.8. The molecule has 25 heavy (non-hydrogen) atoms. The van der Waals surface area contributed by atoms with Gasteiger partial charge < -0.3 is 0 Å². The predicted molar refractivity (Wildman–Crippen MR) is 100 cm³/mol. The Morgan fingerprint density at radius 3 is 1.72 bits per heavy atom. The summed E-state index contributed by atoms with van der Waals surface area (Å²) in [6.45, 7) is 4.43. The first-order valence-corrected chi connectivity index (χ1v) is 9.71. The minimum atomic E-state index is -0.119. The smallest absolute Gasteiger partial charge is 0.240 e. The summed E-state index contributed by atoms with van der Waals surface area (Å²) >= 11 is 0. The summed E-state index contributed by atoms with van der Waals surface area (Å²) in [7, 11) is 0. The second kappa shape index (κ2) is 10.3. The van der Waals surface area contributed by atoms with Crippen molar-refractivity contribution in [1.29, 1.82) is 0 Å². The van der Waals surface area contributed by atoms with Crippen LogP contribution in [0.25, 0.3) is 0 Å². The summed E-state index contributed by atoms with van der Waals surface area (Å²) in [6, 6.07) is 0. The van der Waals surface area contributed by atoms with Crippen LogP contribution in [0.4, 0.5) is 0 Å². The number of hydrogen-bond donors (Lipinski definition) is 2. The summed E-state index contributed by atoms with van der Waals surface area (Å²) in [4.78, 5) is 23.6. The highest BCUT2D eigenvalue weighted by Gasteiger charge is 2.15. The summed E-state index contributed by atoms with van der Waals surface area (Å²) in [5.41, 5.74) is 7.42. The van der Waals surface area contributed by atoms with Gasteiger partial charge in [0.25, 0.3) is 0 Å². The summed E-state index contributed by atoms with van der Waals surface area (Å²) in [5, 5.41) is 8.46. The molecule has 0 aromatic rings. The summed E-state index contributed by atoms with van der Waals surface area (Å²) in [6.07, 6.45) is 9.83. The summed E-state index contributed by atoms with van der Waals surface area (Å²) in [5.74, 6) is 1.07. The van der Waals surface area contributed by atoms with Crippen molar-refractivity contribution in [2.24, 2.45) is 22.0 Å². The Kier molecular flexibility index (Phi) is 8.09. The van der Waals surface area contributed by atoms with Crippen molar-refractivity contribution in [2.45, 2.75) is 84.5 Å². The van der Waals surface area contributed by atoms with E-state index in [1.165, 1.54) is 12.8 Å². The van der Waals surface area contributed by atoms with Gasteiger partial charge in [0, 0.05) is 24.3 Å². The van der Waals surface area contributed by atoms with Gasteiger partial charge in [-0.25, -0.2) is 10.9 Å². The molecule has 0 radical (unpaired) electrons.